The van der Waals surface area contributed by atoms with Gasteiger partial charge in [-0.2, -0.15) is 0 Å². The Hall–Kier alpha value is 0.342. The number of carboxylic acids is 1. The van der Waals surface area contributed by atoms with E-state index in [1.807, 2.05) is 6.07 Å². The molecule has 0 spiro atoms. The fourth-order valence-electron chi connectivity index (χ4n) is 1.71. The van der Waals surface area contributed by atoms with Gasteiger partial charge in [0.25, 0.3) is 0 Å². The summed E-state index contributed by atoms with van der Waals surface area (Å²) in [6, 6.07) is 12.3. The van der Waals surface area contributed by atoms with Gasteiger partial charge in [0.05, 0.1) is 22.2 Å². The number of halogens is 2. The smallest absolute Gasteiger partial charge is 1.00 e. The molecule has 2 aromatic rings. The third-order valence-electron chi connectivity index (χ3n) is 2.58. The van der Waals surface area contributed by atoms with Crippen LogP contribution in [0.3, 0.4) is 0 Å². The molecule has 6 heteroatoms. The van der Waals surface area contributed by atoms with Crippen LogP contribution in [0.4, 0.5) is 11.4 Å². The minimum Gasteiger partial charge on any atom is -1.00 e. The molecule has 0 unspecified atom stereocenters. The van der Waals surface area contributed by atoms with Crippen LogP contribution in [0, 0.1) is 0 Å². The van der Waals surface area contributed by atoms with Gasteiger partial charge in [0, 0.05) is 5.69 Å². The summed E-state index contributed by atoms with van der Waals surface area (Å²) >= 11 is 12.1. The number of anilines is 2. The minimum atomic E-state index is -0.889. The van der Waals surface area contributed by atoms with Crippen LogP contribution >= 0.6 is 23.2 Å². The molecule has 0 aliphatic rings. The first-order chi connectivity index (χ1) is 9.08. The Morgan fingerprint density at radius 3 is 2.30 bits per heavy atom. The molecule has 0 aliphatic carbocycles. The molecule has 0 saturated heterocycles. The van der Waals surface area contributed by atoms with Gasteiger partial charge >= 0.3 is 74.9 Å². The number of hydrogen-bond donors (Lipinski definition) is 2. The summed E-state index contributed by atoms with van der Waals surface area (Å²) in [6.07, 6.45) is -0.0642. The quantitative estimate of drug-likeness (QED) is 0.774. The predicted octanol–water partition coefficient (Wildman–Crippen LogP) is 1.48. The molecular formula is C14H12Cl2CsNO2. The largest absolute Gasteiger partial charge is 1.00 e. The first kappa shape index (κ1) is 18.4. The topological polar surface area (TPSA) is 49.3 Å². The van der Waals surface area contributed by atoms with Crippen molar-refractivity contribution in [3.8, 4) is 0 Å². The third-order valence-corrected chi connectivity index (χ3v) is 3.21. The Kier molecular flexibility index (Phi) is 8.00. The standard InChI is InChI=1S/C14H11Cl2NO2.Cs.H/c15-10-5-3-6-11(16)14(10)17-12-7-2-1-4-9(12)8-13(18)19;;/h1-7,17H,8H2,(H,18,19);;/q;+1;-1. The SMILES string of the molecule is O=C(O)Cc1ccccc1Nc1c(Cl)cccc1Cl.[Cs+].[H-]. The molecule has 0 atom stereocenters. The van der Waals surface area contributed by atoms with E-state index in [1.165, 1.54) is 0 Å². The molecule has 0 radical (unpaired) electrons. The van der Waals surface area contributed by atoms with E-state index in [9.17, 15) is 4.79 Å². The summed E-state index contributed by atoms with van der Waals surface area (Å²) in [5.74, 6) is -0.889. The summed E-state index contributed by atoms with van der Waals surface area (Å²) in [5.41, 5.74) is 1.93. The Morgan fingerprint density at radius 1 is 1.10 bits per heavy atom. The van der Waals surface area contributed by atoms with E-state index < -0.39 is 5.97 Å². The molecule has 0 fully saturated rings. The Morgan fingerprint density at radius 2 is 1.70 bits per heavy atom. The number of carbonyl (C=O) groups is 1. The number of rotatable bonds is 4. The van der Waals surface area contributed by atoms with Crippen LogP contribution in [-0.4, -0.2) is 11.1 Å². The van der Waals surface area contributed by atoms with Crippen LogP contribution in [0.5, 0.6) is 0 Å². The first-order valence-corrected chi connectivity index (χ1v) is 6.34. The van der Waals surface area contributed by atoms with Crippen LogP contribution in [0.15, 0.2) is 42.5 Å². The van der Waals surface area contributed by atoms with Crippen molar-refractivity contribution in [2.24, 2.45) is 0 Å². The van der Waals surface area contributed by atoms with Crippen molar-refractivity contribution in [1.82, 2.24) is 0 Å². The normalized spacial score (nSPS) is 9.70. The average Bonchev–Trinajstić information content (AvgIpc) is 2.35. The Balaban J connectivity index is 0.00000200. The second-order valence-electron chi connectivity index (χ2n) is 3.95. The van der Waals surface area contributed by atoms with Gasteiger partial charge in [0.2, 0.25) is 0 Å². The van der Waals surface area contributed by atoms with E-state index in [0.717, 1.165) is 0 Å². The van der Waals surface area contributed by atoms with Gasteiger partial charge in [0.15, 0.2) is 0 Å². The second-order valence-corrected chi connectivity index (χ2v) is 4.76. The number of benzene rings is 2. The summed E-state index contributed by atoms with van der Waals surface area (Å²) < 4.78 is 0. The fraction of sp³-hybridized carbons (Fsp3) is 0.0714. The van der Waals surface area contributed by atoms with Crippen LogP contribution in [-0.2, 0) is 11.2 Å². The van der Waals surface area contributed by atoms with Gasteiger partial charge < -0.3 is 11.8 Å². The van der Waals surface area contributed by atoms with E-state index in [-0.39, 0.29) is 76.7 Å². The first-order valence-electron chi connectivity index (χ1n) is 5.58. The van der Waals surface area contributed by atoms with Crippen LogP contribution < -0.4 is 74.2 Å². The van der Waals surface area contributed by atoms with Crippen molar-refractivity contribution in [3.63, 3.8) is 0 Å². The molecule has 0 bridgehead atoms. The van der Waals surface area contributed by atoms with E-state index in [4.69, 9.17) is 28.3 Å². The molecule has 2 rings (SSSR count). The summed E-state index contributed by atoms with van der Waals surface area (Å²) in [4.78, 5) is 10.8. The molecule has 3 nitrogen and oxygen atoms in total. The zero-order chi connectivity index (χ0) is 13.8. The maximum atomic E-state index is 10.8. The van der Waals surface area contributed by atoms with Crippen LogP contribution in [0.1, 0.15) is 6.99 Å². The van der Waals surface area contributed by atoms with Gasteiger partial charge in [-0.3, -0.25) is 4.79 Å². The number of hydrogen-bond acceptors (Lipinski definition) is 2. The number of nitrogens with one attached hydrogen (secondary N) is 1. The number of carboxylic acid groups (broad SMARTS) is 1. The monoisotopic (exact) mass is 429 g/mol. The molecule has 0 aromatic heterocycles. The molecule has 100 valence electrons. The average molecular weight is 430 g/mol. The molecule has 0 amide bonds. The fourth-order valence-corrected chi connectivity index (χ4v) is 2.20. The van der Waals surface area contributed by atoms with E-state index in [2.05, 4.69) is 5.32 Å². The van der Waals surface area contributed by atoms with Gasteiger partial charge in [-0.05, 0) is 23.8 Å². The second kappa shape index (κ2) is 8.70. The minimum absolute atomic E-state index is 0. The summed E-state index contributed by atoms with van der Waals surface area (Å²) in [7, 11) is 0. The summed E-state index contributed by atoms with van der Waals surface area (Å²) in [5, 5.41) is 12.9. The number of para-hydroxylation sites is 2. The molecule has 0 heterocycles. The molecule has 2 aromatic carbocycles. The van der Waals surface area contributed by atoms with Gasteiger partial charge in [-0.25, -0.2) is 0 Å². The maximum absolute atomic E-state index is 10.8. The van der Waals surface area contributed by atoms with E-state index in [0.29, 0.717) is 27.0 Å². The third kappa shape index (κ3) is 4.96. The van der Waals surface area contributed by atoms with Gasteiger partial charge in [0.1, 0.15) is 0 Å². The van der Waals surface area contributed by atoms with Gasteiger partial charge in [-0.1, -0.05) is 47.5 Å². The van der Waals surface area contributed by atoms with Crippen LogP contribution in [0.25, 0.3) is 0 Å². The van der Waals surface area contributed by atoms with E-state index >= 15 is 0 Å². The van der Waals surface area contributed by atoms with Crippen LogP contribution in [0.2, 0.25) is 10.0 Å². The Labute approximate surface area is 187 Å². The number of aliphatic carboxylic acids is 1. The van der Waals surface area contributed by atoms with Gasteiger partial charge in [-0.15, -0.1) is 0 Å². The van der Waals surface area contributed by atoms with Crippen molar-refractivity contribution in [2.45, 2.75) is 6.42 Å². The zero-order valence-corrected chi connectivity index (χ0v) is 18.7. The van der Waals surface area contributed by atoms with Crippen molar-refractivity contribution in [3.05, 3.63) is 58.1 Å². The molecule has 0 aliphatic heterocycles. The van der Waals surface area contributed by atoms with Crippen molar-refractivity contribution < 1.29 is 80.2 Å². The molecule has 2 N–H and O–H groups in total. The maximum Gasteiger partial charge on any atom is 1.00 e. The summed E-state index contributed by atoms with van der Waals surface area (Å²) in [6.45, 7) is 0. The Bertz CT molecular complexity index is 605. The molecule has 20 heavy (non-hydrogen) atoms. The van der Waals surface area contributed by atoms with E-state index in [1.54, 1.807) is 36.4 Å². The van der Waals surface area contributed by atoms with Crippen molar-refractivity contribution in [2.75, 3.05) is 5.32 Å². The zero-order valence-electron chi connectivity index (χ0n) is 11.9. The van der Waals surface area contributed by atoms with Crippen molar-refractivity contribution in [1.29, 1.82) is 0 Å². The van der Waals surface area contributed by atoms with Crippen molar-refractivity contribution >= 4 is 40.5 Å². The molecule has 0 saturated carbocycles. The predicted molar refractivity (Wildman–Crippen MR) is 78.6 cm³/mol. The molecular weight excluding hydrogens is 418 g/mol.